The van der Waals surface area contributed by atoms with Gasteiger partial charge in [0.1, 0.15) is 5.75 Å². The van der Waals surface area contributed by atoms with Crippen molar-refractivity contribution in [3.8, 4) is 5.75 Å². The monoisotopic (exact) mass is 197 g/mol. The van der Waals surface area contributed by atoms with Crippen LogP contribution in [0, 0.1) is 0 Å². The first-order valence-electron chi connectivity index (χ1n) is 2.83. The molecule has 0 bridgehead atoms. The molecule has 1 rings (SSSR count). The number of aromatic hydroxyl groups is 1. The molecule has 0 saturated heterocycles. The molecule has 0 aliphatic heterocycles. The summed E-state index contributed by atoms with van der Waals surface area (Å²) in [7, 11) is 0. The van der Waals surface area contributed by atoms with Crippen LogP contribution in [0.15, 0.2) is 12.3 Å². The molecule has 0 aromatic carbocycles. The highest BCUT2D eigenvalue weighted by molar-refractivity contribution is 6.30. The second-order valence-electron chi connectivity index (χ2n) is 2.02. The molecule has 6 heteroatoms. The summed E-state index contributed by atoms with van der Waals surface area (Å²) in [5, 5.41) is 8.72. The third-order valence-corrected chi connectivity index (χ3v) is 1.31. The van der Waals surface area contributed by atoms with E-state index in [1.165, 1.54) is 0 Å². The van der Waals surface area contributed by atoms with Gasteiger partial charge in [-0.05, 0) is 0 Å². The van der Waals surface area contributed by atoms with E-state index in [2.05, 4.69) is 4.98 Å². The zero-order chi connectivity index (χ0) is 9.35. The van der Waals surface area contributed by atoms with Crippen LogP contribution < -0.4 is 0 Å². The van der Waals surface area contributed by atoms with Crippen molar-refractivity contribution < 1.29 is 18.3 Å². The van der Waals surface area contributed by atoms with Crippen LogP contribution in [0.3, 0.4) is 0 Å². The Balaban J connectivity index is 3.19. The van der Waals surface area contributed by atoms with Crippen molar-refractivity contribution in [1.82, 2.24) is 4.98 Å². The minimum Gasteiger partial charge on any atom is -0.506 e. The summed E-state index contributed by atoms with van der Waals surface area (Å²) in [6.07, 6.45) is -3.82. The second-order valence-corrected chi connectivity index (χ2v) is 2.46. The molecule has 2 nitrogen and oxygen atoms in total. The molecule has 1 aromatic rings. The van der Waals surface area contributed by atoms with Gasteiger partial charge in [0.25, 0.3) is 0 Å². The lowest BCUT2D eigenvalue weighted by atomic mass is 10.3. The molecule has 0 aliphatic rings. The first kappa shape index (κ1) is 9.12. The Morgan fingerprint density at radius 2 is 2.00 bits per heavy atom. The third kappa shape index (κ3) is 1.79. The molecule has 0 atom stereocenters. The summed E-state index contributed by atoms with van der Waals surface area (Å²) in [5.41, 5.74) is -1.33. The Morgan fingerprint density at radius 3 is 2.42 bits per heavy atom. The Morgan fingerprint density at radius 1 is 1.42 bits per heavy atom. The highest BCUT2D eigenvalue weighted by Gasteiger charge is 2.35. The number of alkyl halides is 3. The first-order chi connectivity index (χ1) is 5.41. The minimum atomic E-state index is -4.64. The molecular formula is C6H3ClF3NO. The first-order valence-corrected chi connectivity index (χ1v) is 3.21. The highest BCUT2D eigenvalue weighted by Crippen LogP contribution is 2.34. The van der Waals surface area contributed by atoms with Crippen LogP contribution in [0.25, 0.3) is 0 Å². The predicted molar refractivity (Wildman–Crippen MR) is 35.9 cm³/mol. The van der Waals surface area contributed by atoms with Crippen molar-refractivity contribution in [3.63, 3.8) is 0 Å². The van der Waals surface area contributed by atoms with Crippen molar-refractivity contribution in [2.75, 3.05) is 0 Å². The summed E-state index contributed by atoms with van der Waals surface area (Å²) in [6.45, 7) is 0. The van der Waals surface area contributed by atoms with Gasteiger partial charge in [0.05, 0.1) is 5.02 Å². The molecule has 66 valence electrons. The van der Waals surface area contributed by atoms with Gasteiger partial charge in [0, 0.05) is 12.3 Å². The molecule has 0 radical (unpaired) electrons. The summed E-state index contributed by atoms with van der Waals surface area (Å²) < 4.78 is 35.7. The van der Waals surface area contributed by atoms with E-state index in [0.717, 1.165) is 12.3 Å². The quantitative estimate of drug-likeness (QED) is 0.693. The van der Waals surface area contributed by atoms with Gasteiger partial charge in [-0.2, -0.15) is 13.2 Å². The maximum atomic E-state index is 11.9. The van der Waals surface area contributed by atoms with E-state index in [1.54, 1.807) is 0 Å². The lowest BCUT2D eigenvalue weighted by molar-refractivity contribution is -0.142. The van der Waals surface area contributed by atoms with Gasteiger partial charge in [-0.3, -0.25) is 0 Å². The number of hydrogen-bond acceptors (Lipinski definition) is 2. The molecule has 1 N–H and O–H groups in total. The SMILES string of the molecule is Oc1cc(Cl)cnc1C(F)(F)F. The van der Waals surface area contributed by atoms with Crippen LogP contribution in [0.4, 0.5) is 13.2 Å². The summed E-state index contributed by atoms with van der Waals surface area (Å²) in [6, 6.07) is 0.789. The third-order valence-electron chi connectivity index (χ3n) is 1.10. The standard InChI is InChI=1S/C6H3ClF3NO/c7-3-1-4(12)5(11-2-3)6(8,9)10/h1-2,12H. The largest absolute Gasteiger partial charge is 0.506 e. The maximum absolute atomic E-state index is 11.9. The molecule has 12 heavy (non-hydrogen) atoms. The van der Waals surface area contributed by atoms with E-state index < -0.39 is 17.6 Å². The lowest BCUT2D eigenvalue weighted by Crippen LogP contribution is -2.07. The summed E-state index contributed by atoms with van der Waals surface area (Å²) in [5.74, 6) is -0.963. The highest BCUT2D eigenvalue weighted by atomic mass is 35.5. The van der Waals surface area contributed by atoms with E-state index in [9.17, 15) is 13.2 Å². The van der Waals surface area contributed by atoms with Crippen LogP contribution in [0.1, 0.15) is 5.69 Å². The summed E-state index contributed by atoms with van der Waals surface area (Å²) >= 11 is 5.28. The van der Waals surface area contributed by atoms with Crippen molar-refractivity contribution in [2.45, 2.75) is 6.18 Å². The van der Waals surface area contributed by atoms with Gasteiger partial charge in [-0.25, -0.2) is 4.98 Å². The number of halogens is 4. The van der Waals surface area contributed by atoms with E-state index in [1.807, 2.05) is 0 Å². The predicted octanol–water partition coefficient (Wildman–Crippen LogP) is 2.46. The zero-order valence-corrected chi connectivity index (χ0v) is 6.32. The van der Waals surface area contributed by atoms with E-state index >= 15 is 0 Å². The van der Waals surface area contributed by atoms with Crippen LogP contribution in [-0.2, 0) is 6.18 Å². The van der Waals surface area contributed by atoms with Gasteiger partial charge in [-0.15, -0.1) is 0 Å². The fourth-order valence-electron chi connectivity index (χ4n) is 0.647. The number of rotatable bonds is 0. The van der Waals surface area contributed by atoms with Gasteiger partial charge in [0.2, 0.25) is 0 Å². The molecule has 0 saturated carbocycles. The van der Waals surface area contributed by atoms with E-state index in [0.29, 0.717) is 0 Å². The Bertz CT molecular complexity index is 299. The summed E-state index contributed by atoms with van der Waals surface area (Å²) in [4.78, 5) is 2.94. The number of aromatic nitrogens is 1. The van der Waals surface area contributed by atoms with Crippen molar-refractivity contribution in [1.29, 1.82) is 0 Å². The second kappa shape index (κ2) is 2.82. The maximum Gasteiger partial charge on any atom is 0.437 e. The van der Waals surface area contributed by atoms with Crippen LogP contribution in [-0.4, -0.2) is 10.1 Å². The normalized spacial score (nSPS) is 11.7. The topological polar surface area (TPSA) is 33.1 Å². The number of pyridine rings is 1. The molecule has 0 unspecified atom stereocenters. The van der Waals surface area contributed by atoms with Crippen LogP contribution in [0.2, 0.25) is 5.02 Å². The smallest absolute Gasteiger partial charge is 0.437 e. The van der Waals surface area contributed by atoms with E-state index in [-0.39, 0.29) is 5.02 Å². The van der Waals surface area contributed by atoms with Crippen LogP contribution >= 0.6 is 11.6 Å². The molecule has 0 amide bonds. The average molecular weight is 198 g/mol. The van der Waals surface area contributed by atoms with Crippen LogP contribution in [0.5, 0.6) is 5.75 Å². The number of hydrogen-bond donors (Lipinski definition) is 1. The van der Waals surface area contributed by atoms with Gasteiger partial charge < -0.3 is 5.11 Å². The molecular weight excluding hydrogens is 195 g/mol. The zero-order valence-electron chi connectivity index (χ0n) is 5.56. The Hall–Kier alpha value is -0.970. The molecule has 0 fully saturated rings. The average Bonchev–Trinajstić information content (AvgIpc) is 1.83. The molecule has 0 spiro atoms. The molecule has 1 heterocycles. The van der Waals surface area contributed by atoms with Crippen molar-refractivity contribution in [2.24, 2.45) is 0 Å². The molecule has 1 aromatic heterocycles. The van der Waals surface area contributed by atoms with Gasteiger partial charge in [-0.1, -0.05) is 11.6 Å². The van der Waals surface area contributed by atoms with E-state index in [4.69, 9.17) is 16.7 Å². The fourth-order valence-corrected chi connectivity index (χ4v) is 0.799. The Kier molecular flexibility index (Phi) is 2.14. The molecule has 0 aliphatic carbocycles. The van der Waals surface area contributed by atoms with Crippen molar-refractivity contribution >= 4 is 11.6 Å². The Labute approximate surface area is 70.6 Å². The minimum absolute atomic E-state index is 0.0412. The fraction of sp³-hybridized carbons (Fsp3) is 0.167. The number of nitrogens with zero attached hydrogens (tertiary/aromatic N) is 1. The van der Waals surface area contributed by atoms with Gasteiger partial charge >= 0.3 is 6.18 Å². The van der Waals surface area contributed by atoms with Gasteiger partial charge in [0.15, 0.2) is 5.69 Å². The lowest BCUT2D eigenvalue weighted by Gasteiger charge is -2.06. The van der Waals surface area contributed by atoms with Crippen molar-refractivity contribution in [3.05, 3.63) is 23.0 Å².